The minimum Gasteiger partial charge on any atom is -0.330 e. The highest BCUT2D eigenvalue weighted by molar-refractivity contribution is 7.91. The van der Waals surface area contributed by atoms with Gasteiger partial charge < -0.3 is 5.73 Å². The van der Waals surface area contributed by atoms with Crippen LogP contribution in [-0.2, 0) is 19.9 Å². The second-order valence-electron chi connectivity index (χ2n) is 6.53. The van der Waals surface area contributed by atoms with Crippen molar-refractivity contribution in [2.75, 3.05) is 25.4 Å². The number of hydrogen-bond donors (Lipinski definition) is 1. The normalized spacial score (nSPS) is 12.5. The van der Waals surface area contributed by atoms with E-state index in [4.69, 9.17) is 5.73 Å². The van der Waals surface area contributed by atoms with Crippen molar-refractivity contribution in [3.8, 4) is 0 Å². The van der Waals surface area contributed by atoms with E-state index in [1.54, 1.807) is 42.6 Å². The van der Waals surface area contributed by atoms with Crippen LogP contribution in [0.2, 0.25) is 0 Å². The van der Waals surface area contributed by atoms with Gasteiger partial charge in [-0.05, 0) is 37.2 Å². The minimum atomic E-state index is -3.92. The van der Waals surface area contributed by atoms with E-state index < -0.39 is 19.9 Å². The first-order chi connectivity index (χ1) is 13.9. The molecule has 0 spiro atoms. The number of sulfonamides is 1. The monoisotopic (exact) mass is 433 g/mol. The Morgan fingerprint density at radius 1 is 0.897 bits per heavy atom. The van der Waals surface area contributed by atoms with Crippen LogP contribution in [0.25, 0.3) is 10.8 Å². The molecule has 29 heavy (non-hydrogen) atoms. The first-order valence-corrected chi connectivity index (χ1v) is 12.3. The van der Waals surface area contributed by atoms with Crippen molar-refractivity contribution >= 4 is 30.6 Å². The van der Waals surface area contributed by atoms with E-state index >= 15 is 0 Å². The van der Waals surface area contributed by atoms with Crippen LogP contribution in [0.3, 0.4) is 0 Å². The maximum Gasteiger partial charge on any atom is 0.243 e. The molecule has 7 nitrogen and oxygen atoms in total. The average molecular weight is 434 g/mol. The zero-order valence-corrected chi connectivity index (χ0v) is 17.4. The van der Waals surface area contributed by atoms with E-state index in [2.05, 4.69) is 4.98 Å². The van der Waals surface area contributed by atoms with Crippen molar-refractivity contribution in [1.29, 1.82) is 0 Å². The molecule has 0 saturated heterocycles. The Labute approximate surface area is 171 Å². The summed E-state index contributed by atoms with van der Waals surface area (Å²) < 4.78 is 53.2. The van der Waals surface area contributed by atoms with Gasteiger partial charge in [-0.2, -0.15) is 4.31 Å². The molecule has 1 heterocycles. The Balaban J connectivity index is 1.93. The van der Waals surface area contributed by atoms with E-state index in [0.717, 1.165) is 0 Å². The molecular formula is C20H23N3O4S2. The Morgan fingerprint density at radius 3 is 2.38 bits per heavy atom. The van der Waals surface area contributed by atoms with Crippen molar-refractivity contribution in [1.82, 2.24) is 9.29 Å². The third-order valence-corrected chi connectivity index (χ3v) is 8.25. The first kappa shape index (κ1) is 21.4. The number of pyridine rings is 1. The lowest BCUT2D eigenvalue weighted by atomic mass is 10.2. The number of nitrogens with zero attached hydrogens (tertiary/aromatic N) is 2. The molecule has 0 unspecified atom stereocenters. The maximum absolute atomic E-state index is 13.4. The van der Waals surface area contributed by atoms with Crippen molar-refractivity contribution in [3.63, 3.8) is 0 Å². The zero-order chi connectivity index (χ0) is 20.9. The molecule has 9 heteroatoms. The molecule has 3 rings (SSSR count). The van der Waals surface area contributed by atoms with Gasteiger partial charge in [0.15, 0.2) is 9.84 Å². The van der Waals surface area contributed by atoms with E-state index in [1.165, 1.54) is 28.7 Å². The van der Waals surface area contributed by atoms with Gasteiger partial charge in [-0.1, -0.05) is 30.3 Å². The summed E-state index contributed by atoms with van der Waals surface area (Å²) >= 11 is 0. The van der Waals surface area contributed by atoms with Crippen molar-refractivity contribution in [3.05, 3.63) is 67.0 Å². The predicted octanol–water partition coefficient (Wildman–Crippen LogP) is 2.05. The molecule has 2 aromatic carbocycles. The summed E-state index contributed by atoms with van der Waals surface area (Å²) in [5.41, 5.74) is 5.57. The van der Waals surface area contributed by atoms with Crippen molar-refractivity contribution < 1.29 is 16.8 Å². The smallest absolute Gasteiger partial charge is 0.243 e. The molecule has 0 radical (unpaired) electrons. The van der Waals surface area contributed by atoms with Crippen LogP contribution in [0, 0.1) is 0 Å². The summed E-state index contributed by atoms with van der Waals surface area (Å²) in [6, 6.07) is 14.6. The minimum absolute atomic E-state index is 0.131. The number of rotatable bonds is 9. The van der Waals surface area contributed by atoms with E-state index in [1.807, 2.05) is 0 Å². The van der Waals surface area contributed by atoms with Gasteiger partial charge in [0.25, 0.3) is 0 Å². The lowest BCUT2D eigenvalue weighted by Gasteiger charge is -2.23. The maximum atomic E-state index is 13.4. The number of fused-ring (bicyclic) bond motifs is 1. The molecule has 0 aliphatic heterocycles. The Morgan fingerprint density at radius 2 is 1.66 bits per heavy atom. The molecule has 0 saturated carbocycles. The van der Waals surface area contributed by atoms with E-state index in [0.29, 0.717) is 23.7 Å². The molecule has 2 N–H and O–H groups in total. The Hall–Kier alpha value is -2.33. The van der Waals surface area contributed by atoms with Crippen LogP contribution in [-0.4, -0.2) is 51.5 Å². The van der Waals surface area contributed by atoms with Gasteiger partial charge in [-0.15, -0.1) is 0 Å². The van der Waals surface area contributed by atoms with Gasteiger partial charge in [0.2, 0.25) is 10.0 Å². The summed E-state index contributed by atoms with van der Waals surface area (Å²) in [5.74, 6) is -0.312. The van der Waals surface area contributed by atoms with Crippen LogP contribution >= 0.6 is 0 Å². The fourth-order valence-electron chi connectivity index (χ4n) is 3.04. The van der Waals surface area contributed by atoms with Crippen molar-refractivity contribution in [2.24, 2.45) is 5.73 Å². The van der Waals surface area contributed by atoms with Crippen LogP contribution < -0.4 is 5.73 Å². The number of sulfone groups is 1. The third-order valence-electron chi connectivity index (χ3n) is 4.58. The standard InChI is InChI=1S/C20H23N3O4S2/c21-11-5-13-23(14-15-28(24,25)18-7-2-1-3-8-18)29(26,27)20-9-4-6-17-16-22-12-10-19(17)20/h1-4,6-10,12,16H,5,11,13-15,21H2. The molecular weight excluding hydrogens is 410 g/mol. The largest absolute Gasteiger partial charge is 0.330 e. The molecule has 0 fully saturated rings. The van der Waals surface area contributed by atoms with Crippen LogP contribution in [0.1, 0.15) is 6.42 Å². The van der Waals surface area contributed by atoms with Gasteiger partial charge in [0.1, 0.15) is 0 Å². The highest BCUT2D eigenvalue weighted by Gasteiger charge is 2.27. The summed E-state index contributed by atoms with van der Waals surface area (Å²) in [4.78, 5) is 4.33. The number of hydrogen-bond acceptors (Lipinski definition) is 6. The summed E-state index contributed by atoms with van der Waals surface area (Å²) in [7, 11) is -7.53. The molecule has 1 aromatic heterocycles. The summed E-state index contributed by atoms with van der Waals surface area (Å²) in [6.45, 7) is 0.294. The quantitative estimate of drug-likeness (QED) is 0.553. The molecule has 3 aromatic rings. The summed E-state index contributed by atoms with van der Waals surface area (Å²) in [5, 5.41) is 1.25. The highest BCUT2D eigenvalue weighted by Crippen LogP contribution is 2.25. The molecule has 0 bridgehead atoms. The van der Waals surface area contributed by atoms with Crippen LogP contribution in [0.4, 0.5) is 0 Å². The molecule has 0 aliphatic rings. The lowest BCUT2D eigenvalue weighted by Crippen LogP contribution is -2.36. The second kappa shape index (κ2) is 9.00. The number of aromatic nitrogens is 1. The SMILES string of the molecule is NCCCN(CCS(=O)(=O)c1ccccc1)S(=O)(=O)c1cccc2cnccc12. The van der Waals surface area contributed by atoms with Gasteiger partial charge >= 0.3 is 0 Å². The first-order valence-electron chi connectivity index (χ1n) is 9.17. The molecule has 0 atom stereocenters. The van der Waals surface area contributed by atoms with E-state index in [9.17, 15) is 16.8 Å². The second-order valence-corrected chi connectivity index (χ2v) is 10.5. The molecule has 0 amide bonds. The predicted molar refractivity (Wildman–Crippen MR) is 113 cm³/mol. The van der Waals surface area contributed by atoms with Crippen LogP contribution in [0.15, 0.2) is 76.8 Å². The average Bonchev–Trinajstić information content (AvgIpc) is 2.73. The van der Waals surface area contributed by atoms with Crippen molar-refractivity contribution in [2.45, 2.75) is 16.2 Å². The lowest BCUT2D eigenvalue weighted by molar-refractivity contribution is 0.423. The zero-order valence-electron chi connectivity index (χ0n) is 15.8. The highest BCUT2D eigenvalue weighted by atomic mass is 32.2. The summed E-state index contributed by atoms with van der Waals surface area (Å²) in [6.07, 6.45) is 3.56. The third kappa shape index (κ3) is 4.81. The Bertz CT molecular complexity index is 1180. The van der Waals surface area contributed by atoms with Gasteiger partial charge in [0, 0.05) is 36.3 Å². The number of benzene rings is 2. The topological polar surface area (TPSA) is 110 Å². The fraction of sp³-hybridized carbons (Fsp3) is 0.250. The van der Waals surface area contributed by atoms with Gasteiger partial charge in [0.05, 0.1) is 15.5 Å². The van der Waals surface area contributed by atoms with E-state index in [-0.39, 0.29) is 28.6 Å². The van der Waals surface area contributed by atoms with Gasteiger partial charge in [-0.3, -0.25) is 4.98 Å². The molecule has 0 aliphatic carbocycles. The number of nitrogens with two attached hydrogens (primary N) is 1. The van der Waals surface area contributed by atoms with Gasteiger partial charge in [-0.25, -0.2) is 16.8 Å². The molecule has 154 valence electrons. The van der Waals surface area contributed by atoms with Crippen LogP contribution in [0.5, 0.6) is 0 Å². The fourth-order valence-corrected chi connectivity index (χ4v) is 6.12. The Kier molecular flexibility index (Phi) is 6.63.